The summed E-state index contributed by atoms with van der Waals surface area (Å²) in [4.78, 5) is 19.8. The number of fused-ring (bicyclic) bond motifs is 1. The van der Waals surface area contributed by atoms with Gasteiger partial charge in [0.15, 0.2) is 0 Å². The van der Waals surface area contributed by atoms with Gasteiger partial charge in [-0.05, 0) is 45.0 Å². The zero-order valence-corrected chi connectivity index (χ0v) is 17.6. The summed E-state index contributed by atoms with van der Waals surface area (Å²) in [6.07, 6.45) is 5.67. The third-order valence-electron chi connectivity index (χ3n) is 4.99. The van der Waals surface area contributed by atoms with Crippen LogP contribution < -0.4 is 0 Å². The second-order valence-electron chi connectivity index (χ2n) is 7.91. The zero-order chi connectivity index (χ0) is 20.2. The largest absolute Gasteiger partial charge is 0.474 e. The van der Waals surface area contributed by atoms with E-state index in [1.807, 2.05) is 32.3 Å². The number of thiazole rings is 1. The molecule has 1 aliphatic rings. The SMILES string of the molecule is Cc1nc(-c2cccnc2)sc1-c1nc(C2=NC(C)(C)CO2)cc2c1ccn2C. The summed E-state index contributed by atoms with van der Waals surface area (Å²) in [5.41, 5.74) is 4.51. The molecule has 4 aromatic rings. The number of aryl methyl sites for hydroxylation is 2. The highest BCUT2D eigenvalue weighted by molar-refractivity contribution is 7.18. The zero-order valence-electron chi connectivity index (χ0n) is 16.8. The minimum atomic E-state index is -0.228. The molecule has 0 saturated carbocycles. The van der Waals surface area contributed by atoms with Gasteiger partial charge in [0.2, 0.25) is 5.90 Å². The van der Waals surface area contributed by atoms with Crippen LogP contribution in [0.3, 0.4) is 0 Å². The van der Waals surface area contributed by atoms with Gasteiger partial charge >= 0.3 is 0 Å². The van der Waals surface area contributed by atoms with Crippen molar-refractivity contribution in [2.75, 3.05) is 6.61 Å². The van der Waals surface area contributed by atoms with Crippen molar-refractivity contribution >= 4 is 28.1 Å². The van der Waals surface area contributed by atoms with Gasteiger partial charge in [-0.2, -0.15) is 0 Å². The van der Waals surface area contributed by atoms with Crippen molar-refractivity contribution in [1.29, 1.82) is 0 Å². The van der Waals surface area contributed by atoms with Gasteiger partial charge in [-0.25, -0.2) is 15.0 Å². The van der Waals surface area contributed by atoms with Crippen LogP contribution in [-0.4, -0.2) is 37.6 Å². The lowest BCUT2D eigenvalue weighted by atomic mass is 10.1. The summed E-state index contributed by atoms with van der Waals surface area (Å²) >= 11 is 1.64. The Hall–Kier alpha value is -3.06. The first-order valence-electron chi connectivity index (χ1n) is 9.49. The Morgan fingerprint density at radius 1 is 1.21 bits per heavy atom. The quantitative estimate of drug-likeness (QED) is 0.501. The molecule has 7 heteroatoms. The minimum absolute atomic E-state index is 0.228. The lowest BCUT2D eigenvalue weighted by molar-refractivity contribution is 0.279. The second kappa shape index (κ2) is 6.49. The molecule has 4 aromatic heterocycles. The molecule has 1 aliphatic heterocycles. The van der Waals surface area contributed by atoms with Crippen LogP contribution in [0.5, 0.6) is 0 Å². The number of rotatable bonds is 3. The van der Waals surface area contributed by atoms with Crippen LogP contribution in [0.4, 0.5) is 0 Å². The molecule has 0 fully saturated rings. The number of hydrogen-bond acceptors (Lipinski definition) is 6. The topological polar surface area (TPSA) is 65.2 Å². The molecule has 5 heterocycles. The number of ether oxygens (including phenoxy) is 1. The first-order chi connectivity index (χ1) is 13.9. The molecule has 0 amide bonds. The van der Waals surface area contributed by atoms with Crippen molar-refractivity contribution in [2.24, 2.45) is 12.0 Å². The van der Waals surface area contributed by atoms with E-state index in [9.17, 15) is 0 Å². The molecule has 0 bridgehead atoms. The fourth-order valence-corrected chi connectivity index (χ4v) is 4.55. The molecule has 0 saturated heterocycles. The predicted molar refractivity (Wildman–Crippen MR) is 116 cm³/mol. The average Bonchev–Trinajstić information content (AvgIpc) is 3.39. The summed E-state index contributed by atoms with van der Waals surface area (Å²) in [5.74, 6) is 0.606. The van der Waals surface area contributed by atoms with Crippen LogP contribution >= 0.6 is 11.3 Å². The smallest absolute Gasteiger partial charge is 0.236 e. The van der Waals surface area contributed by atoms with Gasteiger partial charge in [0.05, 0.1) is 27.3 Å². The maximum atomic E-state index is 5.87. The van der Waals surface area contributed by atoms with Crippen LogP contribution in [0.1, 0.15) is 25.2 Å². The summed E-state index contributed by atoms with van der Waals surface area (Å²) in [7, 11) is 2.04. The Morgan fingerprint density at radius 2 is 2.07 bits per heavy atom. The van der Waals surface area contributed by atoms with Gasteiger partial charge < -0.3 is 9.30 Å². The number of nitrogens with zero attached hydrogens (tertiary/aromatic N) is 5. The van der Waals surface area contributed by atoms with E-state index in [0.717, 1.165) is 43.4 Å². The van der Waals surface area contributed by atoms with Gasteiger partial charge in [-0.15, -0.1) is 11.3 Å². The summed E-state index contributed by atoms with van der Waals surface area (Å²) < 4.78 is 7.97. The number of pyridine rings is 2. The van der Waals surface area contributed by atoms with Crippen molar-refractivity contribution in [3.05, 3.63) is 54.2 Å². The molecule has 0 unspecified atom stereocenters. The third kappa shape index (κ3) is 3.11. The first-order valence-corrected chi connectivity index (χ1v) is 10.3. The summed E-state index contributed by atoms with van der Waals surface area (Å²) in [5, 5.41) is 2.04. The van der Waals surface area contributed by atoms with E-state index >= 15 is 0 Å². The van der Waals surface area contributed by atoms with Crippen molar-refractivity contribution in [2.45, 2.75) is 26.3 Å². The van der Waals surface area contributed by atoms with Gasteiger partial charge in [0.1, 0.15) is 17.3 Å². The number of aliphatic imine (C=N–C) groups is 1. The average molecular weight is 404 g/mol. The summed E-state index contributed by atoms with van der Waals surface area (Å²) in [6.45, 7) is 6.72. The van der Waals surface area contributed by atoms with Crippen molar-refractivity contribution < 1.29 is 4.74 Å². The number of hydrogen-bond donors (Lipinski definition) is 0. The molecule has 0 aliphatic carbocycles. The Bertz CT molecular complexity index is 1250. The highest BCUT2D eigenvalue weighted by atomic mass is 32.1. The molecule has 146 valence electrons. The van der Waals surface area contributed by atoms with E-state index in [4.69, 9.17) is 19.7 Å². The lowest BCUT2D eigenvalue weighted by Crippen LogP contribution is -2.17. The van der Waals surface area contributed by atoms with Crippen LogP contribution in [0.15, 0.2) is 47.8 Å². The van der Waals surface area contributed by atoms with E-state index in [0.29, 0.717) is 12.5 Å². The van der Waals surface area contributed by atoms with Crippen LogP contribution in [0.25, 0.3) is 32.0 Å². The maximum Gasteiger partial charge on any atom is 0.236 e. The molecular formula is C22H21N5OS. The van der Waals surface area contributed by atoms with E-state index in [2.05, 4.69) is 41.7 Å². The highest BCUT2D eigenvalue weighted by Crippen LogP contribution is 2.38. The van der Waals surface area contributed by atoms with Crippen molar-refractivity contribution in [3.8, 4) is 21.1 Å². The Kier molecular flexibility index (Phi) is 4.03. The monoisotopic (exact) mass is 403 g/mol. The molecule has 29 heavy (non-hydrogen) atoms. The van der Waals surface area contributed by atoms with Crippen molar-refractivity contribution in [1.82, 2.24) is 19.5 Å². The highest BCUT2D eigenvalue weighted by Gasteiger charge is 2.29. The Morgan fingerprint density at radius 3 is 2.79 bits per heavy atom. The van der Waals surface area contributed by atoms with Crippen LogP contribution in [-0.2, 0) is 11.8 Å². The molecule has 0 aromatic carbocycles. The van der Waals surface area contributed by atoms with E-state index in [1.54, 1.807) is 17.5 Å². The Balaban J connectivity index is 1.70. The first kappa shape index (κ1) is 18.0. The van der Waals surface area contributed by atoms with Gasteiger partial charge in [0.25, 0.3) is 0 Å². The molecular weight excluding hydrogens is 382 g/mol. The molecule has 5 rings (SSSR count). The normalized spacial score (nSPS) is 15.5. The maximum absolute atomic E-state index is 5.87. The fraction of sp³-hybridized carbons (Fsp3) is 0.273. The van der Waals surface area contributed by atoms with Crippen LogP contribution in [0, 0.1) is 6.92 Å². The minimum Gasteiger partial charge on any atom is -0.474 e. The van der Waals surface area contributed by atoms with E-state index in [1.165, 1.54) is 0 Å². The Labute approximate surface area is 173 Å². The van der Waals surface area contributed by atoms with E-state index < -0.39 is 0 Å². The predicted octanol–water partition coefficient (Wildman–Crippen LogP) is 4.62. The van der Waals surface area contributed by atoms with Gasteiger partial charge in [0, 0.05) is 36.6 Å². The molecule has 0 N–H and O–H groups in total. The third-order valence-corrected chi connectivity index (χ3v) is 6.20. The number of aromatic nitrogens is 4. The van der Waals surface area contributed by atoms with Gasteiger partial charge in [-0.3, -0.25) is 4.98 Å². The molecule has 0 atom stereocenters. The molecule has 6 nitrogen and oxygen atoms in total. The molecule has 0 radical (unpaired) electrons. The van der Waals surface area contributed by atoms with Gasteiger partial charge in [-0.1, -0.05) is 0 Å². The summed E-state index contributed by atoms with van der Waals surface area (Å²) in [6, 6.07) is 8.11. The lowest BCUT2D eigenvalue weighted by Gasteiger charge is -2.08. The second-order valence-corrected chi connectivity index (χ2v) is 8.91. The van der Waals surface area contributed by atoms with E-state index in [-0.39, 0.29) is 5.54 Å². The standard InChI is InChI=1S/C22H21N5OS/c1-13-19(29-21(24-13)14-6-5-8-23-11-14)18-15-7-9-27(4)17(15)10-16(25-18)20-26-22(2,3)12-28-20/h5-11H,12H2,1-4H3. The fourth-order valence-electron chi connectivity index (χ4n) is 3.49. The molecule has 0 spiro atoms. The van der Waals surface area contributed by atoms with Crippen molar-refractivity contribution in [3.63, 3.8) is 0 Å². The van der Waals surface area contributed by atoms with Crippen LogP contribution in [0.2, 0.25) is 0 Å².